The van der Waals surface area contributed by atoms with Gasteiger partial charge in [-0.2, -0.15) is 5.10 Å². The van der Waals surface area contributed by atoms with Gasteiger partial charge in [0.25, 0.3) is 5.91 Å². The number of fused-ring (bicyclic) bond motifs is 1. The molecule has 3 aromatic heterocycles. The van der Waals surface area contributed by atoms with Gasteiger partial charge in [0, 0.05) is 28.9 Å². The Kier molecular flexibility index (Phi) is 3.96. The third-order valence-corrected chi connectivity index (χ3v) is 4.10. The van der Waals surface area contributed by atoms with Gasteiger partial charge >= 0.3 is 0 Å². The highest BCUT2D eigenvalue weighted by molar-refractivity contribution is 5.98. The monoisotopic (exact) mass is 347 g/mol. The molecule has 0 saturated heterocycles. The highest BCUT2D eigenvalue weighted by atomic mass is 16.3. The smallest absolute Gasteiger partial charge is 0.251 e. The lowest BCUT2D eigenvalue weighted by Gasteiger charge is -2.11. The maximum Gasteiger partial charge on any atom is 0.251 e. The Morgan fingerprint density at radius 3 is 2.81 bits per heavy atom. The number of hydrogen-bond donors (Lipinski definition) is 2. The average molecular weight is 347 g/mol. The van der Waals surface area contributed by atoms with Crippen molar-refractivity contribution in [1.82, 2.24) is 25.5 Å². The summed E-state index contributed by atoms with van der Waals surface area (Å²) in [5, 5.41) is 10.9. The molecule has 7 heteroatoms. The molecule has 0 aliphatic heterocycles. The summed E-state index contributed by atoms with van der Waals surface area (Å²) in [6, 6.07) is 10.6. The van der Waals surface area contributed by atoms with Crippen LogP contribution in [-0.2, 0) is 0 Å². The molecule has 26 heavy (non-hydrogen) atoms. The van der Waals surface area contributed by atoms with E-state index in [4.69, 9.17) is 4.42 Å². The normalized spacial score (nSPS) is 12.2. The van der Waals surface area contributed by atoms with Crippen LogP contribution < -0.4 is 5.32 Å². The molecule has 1 amide bonds. The fourth-order valence-corrected chi connectivity index (χ4v) is 2.76. The van der Waals surface area contributed by atoms with Crippen LogP contribution >= 0.6 is 0 Å². The zero-order chi connectivity index (χ0) is 18.1. The van der Waals surface area contributed by atoms with Gasteiger partial charge in [-0.25, -0.2) is 4.98 Å². The summed E-state index contributed by atoms with van der Waals surface area (Å²) in [7, 11) is 0. The summed E-state index contributed by atoms with van der Waals surface area (Å²) < 4.78 is 5.54. The van der Waals surface area contributed by atoms with Gasteiger partial charge in [-0.05, 0) is 50.2 Å². The van der Waals surface area contributed by atoms with E-state index in [2.05, 4.69) is 25.5 Å². The molecule has 0 aliphatic carbocycles. The second kappa shape index (κ2) is 6.44. The van der Waals surface area contributed by atoms with Crippen LogP contribution in [0.5, 0.6) is 0 Å². The number of pyridine rings is 1. The lowest BCUT2D eigenvalue weighted by Crippen LogP contribution is -2.27. The molecule has 0 fully saturated rings. The fraction of sp³-hybridized carbons (Fsp3) is 0.158. The van der Waals surface area contributed by atoms with Gasteiger partial charge in [-0.15, -0.1) is 0 Å². The Bertz CT molecular complexity index is 1070. The summed E-state index contributed by atoms with van der Waals surface area (Å²) in [6.45, 7) is 3.74. The lowest BCUT2D eigenvalue weighted by atomic mass is 10.1. The molecule has 0 aliphatic rings. The van der Waals surface area contributed by atoms with E-state index in [1.165, 1.54) is 0 Å². The van der Waals surface area contributed by atoms with Gasteiger partial charge in [-0.3, -0.25) is 14.9 Å². The number of hydrogen-bond acceptors (Lipinski definition) is 5. The SMILES string of the molecule is Cc1cc2cc(C(=O)N[C@H](C)c3nc(-c4ccncc4)n[nH]3)ccc2o1. The molecule has 1 aromatic carbocycles. The van der Waals surface area contributed by atoms with Crippen LogP contribution in [0, 0.1) is 6.92 Å². The van der Waals surface area contributed by atoms with Crippen molar-refractivity contribution in [3.8, 4) is 11.4 Å². The molecule has 4 rings (SSSR count). The summed E-state index contributed by atoms with van der Waals surface area (Å²) in [4.78, 5) is 21.0. The number of aryl methyl sites for hydroxylation is 1. The molecule has 7 nitrogen and oxygen atoms in total. The van der Waals surface area contributed by atoms with Crippen molar-refractivity contribution in [2.45, 2.75) is 19.9 Å². The van der Waals surface area contributed by atoms with E-state index in [-0.39, 0.29) is 11.9 Å². The standard InChI is InChI=1S/C19H17N5O2/c1-11-9-15-10-14(3-4-16(15)26-11)19(25)21-12(2)17-22-18(24-23-17)13-5-7-20-8-6-13/h3-10,12H,1-2H3,(H,21,25)(H,22,23,24)/t12-/m1/s1. The molecular weight excluding hydrogens is 330 g/mol. The van der Waals surface area contributed by atoms with Crippen LogP contribution in [0.25, 0.3) is 22.4 Å². The van der Waals surface area contributed by atoms with E-state index >= 15 is 0 Å². The predicted octanol–water partition coefficient (Wildman–Crippen LogP) is 3.41. The number of aromatic nitrogens is 4. The predicted molar refractivity (Wildman–Crippen MR) is 96.4 cm³/mol. The highest BCUT2D eigenvalue weighted by Crippen LogP contribution is 2.21. The van der Waals surface area contributed by atoms with Crippen LogP contribution in [0.1, 0.15) is 34.9 Å². The molecule has 0 spiro atoms. The second-order valence-corrected chi connectivity index (χ2v) is 6.08. The number of nitrogens with zero attached hydrogens (tertiary/aromatic N) is 3. The first-order valence-corrected chi connectivity index (χ1v) is 8.24. The summed E-state index contributed by atoms with van der Waals surface area (Å²) >= 11 is 0. The molecule has 3 heterocycles. The minimum absolute atomic E-state index is 0.180. The number of H-pyrrole nitrogens is 1. The molecule has 130 valence electrons. The molecule has 0 unspecified atom stereocenters. The maximum absolute atomic E-state index is 12.5. The summed E-state index contributed by atoms with van der Waals surface area (Å²) in [5.41, 5.74) is 2.20. The Labute approximate surface area is 149 Å². The van der Waals surface area contributed by atoms with Crippen molar-refractivity contribution in [2.24, 2.45) is 0 Å². The maximum atomic E-state index is 12.5. The van der Waals surface area contributed by atoms with Gasteiger partial charge in [0.2, 0.25) is 0 Å². The van der Waals surface area contributed by atoms with E-state index < -0.39 is 0 Å². The van der Waals surface area contributed by atoms with Gasteiger partial charge in [-0.1, -0.05) is 0 Å². The highest BCUT2D eigenvalue weighted by Gasteiger charge is 2.16. The molecule has 0 bridgehead atoms. The Hall–Kier alpha value is -3.48. The average Bonchev–Trinajstić information content (AvgIpc) is 3.27. The zero-order valence-corrected chi connectivity index (χ0v) is 14.4. The van der Waals surface area contributed by atoms with E-state index in [0.717, 1.165) is 22.3 Å². The van der Waals surface area contributed by atoms with E-state index in [0.29, 0.717) is 17.2 Å². The number of carbonyl (C=O) groups excluding carboxylic acids is 1. The summed E-state index contributed by atoms with van der Waals surface area (Å²) in [6.07, 6.45) is 3.37. The van der Waals surface area contributed by atoms with E-state index in [9.17, 15) is 4.79 Å². The third kappa shape index (κ3) is 3.06. The third-order valence-electron chi connectivity index (χ3n) is 4.10. The minimum Gasteiger partial charge on any atom is -0.461 e. The van der Waals surface area contributed by atoms with E-state index in [1.807, 2.05) is 38.1 Å². The first kappa shape index (κ1) is 16.0. The van der Waals surface area contributed by atoms with Crippen molar-refractivity contribution in [2.75, 3.05) is 0 Å². The largest absolute Gasteiger partial charge is 0.461 e. The van der Waals surface area contributed by atoms with Crippen molar-refractivity contribution in [1.29, 1.82) is 0 Å². The molecule has 0 radical (unpaired) electrons. The van der Waals surface area contributed by atoms with Gasteiger partial charge in [0.15, 0.2) is 5.82 Å². The number of benzene rings is 1. The number of rotatable bonds is 4. The van der Waals surface area contributed by atoms with Crippen LogP contribution in [0.4, 0.5) is 0 Å². The van der Waals surface area contributed by atoms with Crippen LogP contribution in [0.2, 0.25) is 0 Å². The van der Waals surface area contributed by atoms with E-state index in [1.54, 1.807) is 24.5 Å². The van der Waals surface area contributed by atoms with Crippen molar-refractivity contribution < 1.29 is 9.21 Å². The number of carbonyl (C=O) groups is 1. The number of aromatic amines is 1. The van der Waals surface area contributed by atoms with Crippen molar-refractivity contribution in [3.05, 3.63) is 65.9 Å². The Balaban J connectivity index is 1.51. The first-order chi connectivity index (χ1) is 12.6. The van der Waals surface area contributed by atoms with Crippen LogP contribution in [0.15, 0.2) is 53.2 Å². The molecular formula is C19H17N5O2. The minimum atomic E-state index is -0.313. The summed E-state index contributed by atoms with van der Waals surface area (Å²) in [5.74, 6) is 1.79. The number of furan rings is 1. The zero-order valence-electron chi connectivity index (χ0n) is 14.4. The van der Waals surface area contributed by atoms with Crippen LogP contribution in [0.3, 0.4) is 0 Å². The van der Waals surface area contributed by atoms with Crippen LogP contribution in [-0.4, -0.2) is 26.1 Å². The number of amides is 1. The topological polar surface area (TPSA) is 96.7 Å². The van der Waals surface area contributed by atoms with Gasteiger partial charge in [0.1, 0.15) is 17.2 Å². The molecule has 2 N–H and O–H groups in total. The fourth-order valence-electron chi connectivity index (χ4n) is 2.76. The van der Waals surface area contributed by atoms with Gasteiger partial charge in [0.05, 0.1) is 6.04 Å². The lowest BCUT2D eigenvalue weighted by molar-refractivity contribution is 0.0938. The molecule has 0 saturated carbocycles. The Morgan fingerprint density at radius 1 is 1.19 bits per heavy atom. The van der Waals surface area contributed by atoms with Crippen molar-refractivity contribution >= 4 is 16.9 Å². The Morgan fingerprint density at radius 2 is 2.00 bits per heavy atom. The van der Waals surface area contributed by atoms with Crippen molar-refractivity contribution in [3.63, 3.8) is 0 Å². The molecule has 4 aromatic rings. The van der Waals surface area contributed by atoms with Gasteiger partial charge < -0.3 is 9.73 Å². The second-order valence-electron chi connectivity index (χ2n) is 6.08. The molecule has 1 atom stereocenters. The number of nitrogens with one attached hydrogen (secondary N) is 2. The quantitative estimate of drug-likeness (QED) is 0.590. The first-order valence-electron chi connectivity index (χ1n) is 8.24.